The molecule has 1 aromatic rings. The van der Waals surface area contributed by atoms with Gasteiger partial charge in [-0.2, -0.15) is 0 Å². The summed E-state index contributed by atoms with van der Waals surface area (Å²) in [5.41, 5.74) is 1.89. The molecule has 2 aliphatic rings. The minimum absolute atomic E-state index is 0.268. The van der Waals surface area contributed by atoms with E-state index in [1.807, 2.05) is 12.1 Å². The van der Waals surface area contributed by atoms with Crippen LogP contribution in [0.2, 0.25) is 0 Å². The van der Waals surface area contributed by atoms with Crippen molar-refractivity contribution in [2.75, 3.05) is 39.3 Å². The zero-order valence-corrected chi connectivity index (χ0v) is 14.6. The van der Waals surface area contributed by atoms with E-state index in [2.05, 4.69) is 48.0 Å². The quantitative estimate of drug-likeness (QED) is 0.923. The first-order chi connectivity index (χ1) is 11.0. The molecule has 3 rings (SSSR count). The molecule has 2 aliphatic heterocycles. The average Bonchev–Trinajstić information content (AvgIpc) is 3.05. The Balaban J connectivity index is 1.69. The summed E-state index contributed by atoms with van der Waals surface area (Å²) in [6.45, 7) is 12.3. The molecule has 0 spiro atoms. The molecular formula is C19H29N3O. The molecule has 23 heavy (non-hydrogen) atoms. The van der Waals surface area contributed by atoms with E-state index in [0.717, 1.165) is 51.3 Å². The fourth-order valence-corrected chi connectivity index (χ4v) is 4.06. The molecular weight excluding hydrogens is 286 g/mol. The summed E-state index contributed by atoms with van der Waals surface area (Å²) in [4.78, 5) is 17.8. The van der Waals surface area contributed by atoms with E-state index in [-0.39, 0.29) is 5.91 Å². The second-order valence-corrected chi connectivity index (χ2v) is 7.42. The Morgan fingerprint density at radius 2 is 1.87 bits per heavy atom. The van der Waals surface area contributed by atoms with Gasteiger partial charge in [0.1, 0.15) is 0 Å². The van der Waals surface area contributed by atoms with Gasteiger partial charge in [-0.15, -0.1) is 0 Å². The first-order valence-corrected chi connectivity index (χ1v) is 8.80. The van der Waals surface area contributed by atoms with E-state index in [9.17, 15) is 4.79 Å². The summed E-state index contributed by atoms with van der Waals surface area (Å²) in [5, 5.41) is 3.40. The van der Waals surface area contributed by atoms with Gasteiger partial charge in [0.2, 0.25) is 5.91 Å². The van der Waals surface area contributed by atoms with Gasteiger partial charge in [0.05, 0.1) is 5.41 Å². The summed E-state index contributed by atoms with van der Waals surface area (Å²) in [6, 6.07) is 8.80. The summed E-state index contributed by atoms with van der Waals surface area (Å²) < 4.78 is 0. The molecule has 2 heterocycles. The van der Waals surface area contributed by atoms with Crippen LogP contribution in [0.1, 0.15) is 31.4 Å². The summed E-state index contributed by atoms with van der Waals surface area (Å²) in [6.07, 6.45) is 1.11. The monoisotopic (exact) mass is 315 g/mol. The molecule has 2 saturated heterocycles. The van der Waals surface area contributed by atoms with Gasteiger partial charge in [-0.1, -0.05) is 24.3 Å². The maximum atomic E-state index is 13.1. The van der Waals surface area contributed by atoms with Crippen molar-refractivity contribution >= 4 is 5.91 Å². The Hall–Kier alpha value is -1.39. The second-order valence-electron chi connectivity index (χ2n) is 7.42. The van der Waals surface area contributed by atoms with Crippen LogP contribution in [0.3, 0.4) is 0 Å². The zero-order chi connectivity index (χ0) is 16.4. The molecule has 1 N–H and O–H groups in total. The maximum Gasteiger partial charge on any atom is 0.232 e. The summed E-state index contributed by atoms with van der Waals surface area (Å²) >= 11 is 0. The highest BCUT2D eigenvalue weighted by Crippen LogP contribution is 2.30. The standard InChI is InChI=1S/C19H29N3O/c1-15-6-4-5-7-17(15)19(2,3)18(23)22-11-8-16(14-22)21-12-9-20-10-13-21/h4-7,16,20H,8-14H2,1-3H3. The number of amides is 1. The van der Waals surface area contributed by atoms with Gasteiger partial charge in [-0.25, -0.2) is 0 Å². The fraction of sp³-hybridized carbons (Fsp3) is 0.632. The van der Waals surface area contributed by atoms with E-state index in [1.165, 1.54) is 5.56 Å². The maximum absolute atomic E-state index is 13.1. The summed E-state index contributed by atoms with van der Waals surface area (Å²) in [7, 11) is 0. The lowest BCUT2D eigenvalue weighted by Gasteiger charge is -2.34. The molecule has 4 heteroatoms. The molecule has 126 valence electrons. The average molecular weight is 315 g/mol. The number of nitrogens with zero attached hydrogens (tertiary/aromatic N) is 2. The number of aryl methyl sites for hydroxylation is 1. The first-order valence-electron chi connectivity index (χ1n) is 8.80. The summed E-state index contributed by atoms with van der Waals surface area (Å²) in [5.74, 6) is 0.268. The topological polar surface area (TPSA) is 35.6 Å². The van der Waals surface area contributed by atoms with Gasteiger partial charge in [-0.3, -0.25) is 9.69 Å². The third-order valence-corrected chi connectivity index (χ3v) is 5.47. The van der Waals surface area contributed by atoms with E-state index in [0.29, 0.717) is 6.04 Å². The van der Waals surface area contributed by atoms with E-state index >= 15 is 0 Å². The van der Waals surface area contributed by atoms with Crippen LogP contribution >= 0.6 is 0 Å². The highest BCUT2D eigenvalue weighted by molar-refractivity contribution is 5.88. The Kier molecular flexibility index (Phi) is 4.74. The van der Waals surface area contributed by atoms with Crippen LogP contribution in [0.4, 0.5) is 0 Å². The number of carbonyl (C=O) groups excluding carboxylic acids is 1. The highest BCUT2D eigenvalue weighted by Gasteiger charge is 2.39. The number of hydrogen-bond acceptors (Lipinski definition) is 3. The van der Waals surface area contributed by atoms with Crippen LogP contribution in [0.25, 0.3) is 0 Å². The largest absolute Gasteiger partial charge is 0.340 e. The molecule has 4 nitrogen and oxygen atoms in total. The van der Waals surface area contributed by atoms with Crippen molar-refractivity contribution in [1.82, 2.24) is 15.1 Å². The number of piperazine rings is 1. The van der Waals surface area contributed by atoms with Gasteiger partial charge in [-0.05, 0) is 38.3 Å². The number of carbonyl (C=O) groups is 1. The fourth-order valence-electron chi connectivity index (χ4n) is 4.06. The van der Waals surface area contributed by atoms with Crippen LogP contribution in [0.15, 0.2) is 24.3 Å². The van der Waals surface area contributed by atoms with E-state index < -0.39 is 5.41 Å². The minimum atomic E-state index is -0.455. The zero-order valence-electron chi connectivity index (χ0n) is 14.6. The highest BCUT2D eigenvalue weighted by atomic mass is 16.2. The van der Waals surface area contributed by atoms with E-state index in [4.69, 9.17) is 0 Å². The molecule has 1 amide bonds. The Labute approximate surface area is 139 Å². The van der Waals surface area contributed by atoms with Crippen molar-refractivity contribution in [3.63, 3.8) is 0 Å². The Morgan fingerprint density at radius 3 is 2.57 bits per heavy atom. The molecule has 1 atom stereocenters. The lowest BCUT2D eigenvalue weighted by molar-refractivity contribution is -0.135. The lowest BCUT2D eigenvalue weighted by Crippen LogP contribution is -2.50. The van der Waals surface area contributed by atoms with Gasteiger partial charge in [0.15, 0.2) is 0 Å². The minimum Gasteiger partial charge on any atom is -0.340 e. The Bertz CT molecular complexity index is 563. The van der Waals surface area contributed by atoms with Crippen LogP contribution in [-0.2, 0) is 10.2 Å². The number of hydrogen-bond donors (Lipinski definition) is 1. The molecule has 0 radical (unpaired) electrons. The second kappa shape index (κ2) is 6.62. The predicted molar refractivity (Wildman–Crippen MR) is 93.6 cm³/mol. The van der Waals surface area contributed by atoms with Gasteiger partial charge in [0, 0.05) is 45.3 Å². The van der Waals surface area contributed by atoms with Crippen molar-refractivity contribution < 1.29 is 4.79 Å². The van der Waals surface area contributed by atoms with Gasteiger partial charge in [0.25, 0.3) is 0 Å². The van der Waals surface area contributed by atoms with Gasteiger partial charge >= 0.3 is 0 Å². The third-order valence-electron chi connectivity index (χ3n) is 5.47. The van der Waals surface area contributed by atoms with Crippen molar-refractivity contribution in [3.05, 3.63) is 35.4 Å². The van der Waals surface area contributed by atoms with Crippen molar-refractivity contribution in [1.29, 1.82) is 0 Å². The van der Waals surface area contributed by atoms with Crippen LogP contribution in [0, 0.1) is 6.92 Å². The normalized spacial score (nSPS) is 23.3. The third kappa shape index (κ3) is 3.29. The molecule has 0 aliphatic carbocycles. The number of rotatable bonds is 3. The van der Waals surface area contributed by atoms with Crippen LogP contribution in [0.5, 0.6) is 0 Å². The molecule has 2 fully saturated rings. The SMILES string of the molecule is Cc1ccccc1C(C)(C)C(=O)N1CCC(N2CCNCC2)C1. The van der Waals surface area contributed by atoms with Crippen LogP contribution in [-0.4, -0.2) is 61.0 Å². The number of likely N-dealkylation sites (tertiary alicyclic amines) is 1. The molecule has 0 bridgehead atoms. The van der Waals surface area contributed by atoms with Crippen molar-refractivity contribution in [3.8, 4) is 0 Å². The lowest BCUT2D eigenvalue weighted by atomic mass is 9.81. The van der Waals surface area contributed by atoms with Gasteiger partial charge < -0.3 is 10.2 Å². The number of benzene rings is 1. The predicted octanol–water partition coefficient (Wildman–Crippen LogP) is 1.78. The van der Waals surface area contributed by atoms with Crippen molar-refractivity contribution in [2.24, 2.45) is 0 Å². The molecule has 0 aromatic heterocycles. The van der Waals surface area contributed by atoms with E-state index in [1.54, 1.807) is 0 Å². The van der Waals surface area contributed by atoms with Crippen LogP contribution < -0.4 is 5.32 Å². The smallest absolute Gasteiger partial charge is 0.232 e. The molecule has 1 aromatic carbocycles. The van der Waals surface area contributed by atoms with Crippen molar-refractivity contribution in [2.45, 2.75) is 38.6 Å². The first kappa shape index (κ1) is 16.5. The molecule has 1 unspecified atom stereocenters. The molecule has 0 saturated carbocycles. The Morgan fingerprint density at radius 1 is 1.17 bits per heavy atom. The number of nitrogens with one attached hydrogen (secondary N) is 1.